The van der Waals surface area contributed by atoms with Crippen molar-refractivity contribution in [1.29, 1.82) is 0 Å². The fourth-order valence-corrected chi connectivity index (χ4v) is 11.6. The Morgan fingerprint density at radius 1 is 0.470 bits per heavy atom. The van der Waals surface area contributed by atoms with Gasteiger partial charge in [0.2, 0.25) is 11.8 Å². The number of carbonyl (C=O) groups excluding carboxylic acids is 2. The zero-order valence-electron chi connectivity index (χ0n) is 40.9. The number of rotatable bonds is 20. The summed E-state index contributed by atoms with van der Waals surface area (Å²) in [5.74, 6) is 2.33. The van der Waals surface area contributed by atoms with Gasteiger partial charge in [-0.2, -0.15) is 0 Å². The molecule has 12 heteroatoms. The van der Waals surface area contributed by atoms with Crippen molar-refractivity contribution < 1.29 is 9.59 Å². The lowest BCUT2D eigenvalue weighted by molar-refractivity contribution is -0.131. The molecule has 4 saturated heterocycles. The first-order valence-corrected chi connectivity index (χ1v) is 25.0. The summed E-state index contributed by atoms with van der Waals surface area (Å²) in [6.07, 6.45) is 28.6. The van der Waals surface area contributed by atoms with Gasteiger partial charge in [0.25, 0.3) is 0 Å². The van der Waals surface area contributed by atoms with Crippen LogP contribution in [-0.2, 0) is 9.59 Å². The second-order valence-electron chi connectivity index (χ2n) is 20.2. The summed E-state index contributed by atoms with van der Waals surface area (Å²) >= 11 is 0. The van der Waals surface area contributed by atoms with Gasteiger partial charge in [0, 0.05) is 101 Å². The van der Waals surface area contributed by atoms with E-state index < -0.39 is 0 Å². The van der Waals surface area contributed by atoms with Gasteiger partial charge in [-0.15, -0.1) is 0 Å². The van der Waals surface area contributed by atoms with Gasteiger partial charge in [0.05, 0.1) is 12.1 Å². The Hall–Kier alpha value is -4.62. The van der Waals surface area contributed by atoms with Crippen molar-refractivity contribution in [3.05, 3.63) is 120 Å². The molecule has 4 aromatic heterocycles. The molecule has 8 unspecified atom stereocenters. The van der Waals surface area contributed by atoms with E-state index in [1.807, 2.05) is 73.2 Å². The quantitative estimate of drug-likeness (QED) is 0.0860. The highest BCUT2D eigenvalue weighted by molar-refractivity contribution is 5.82. The Balaban J connectivity index is 0.000000197. The summed E-state index contributed by atoms with van der Waals surface area (Å²) < 4.78 is 0. The van der Waals surface area contributed by atoms with E-state index in [1.165, 1.54) is 75.8 Å². The van der Waals surface area contributed by atoms with E-state index in [2.05, 4.69) is 104 Å². The number of likely N-dealkylation sites (tertiary alicyclic amines) is 4. The van der Waals surface area contributed by atoms with Gasteiger partial charge in [0.1, 0.15) is 0 Å². The Labute approximate surface area is 396 Å². The molecule has 4 aliphatic heterocycles. The number of amides is 2. The van der Waals surface area contributed by atoms with Crippen LogP contribution in [0.5, 0.6) is 0 Å². The van der Waals surface area contributed by atoms with Crippen LogP contribution < -0.4 is 0 Å². The Bertz CT molecular complexity index is 1900. The van der Waals surface area contributed by atoms with E-state index in [4.69, 9.17) is 0 Å². The summed E-state index contributed by atoms with van der Waals surface area (Å²) in [7, 11) is 12.8. The van der Waals surface area contributed by atoms with Gasteiger partial charge < -0.3 is 19.6 Å². The van der Waals surface area contributed by atoms with Crippen molar-refractivity contribution in [2.75, 3.05) is 81.6 Å². The predicted molar refractivity (Wildman–Crippen MR) is 263 cm³/mol. The second kappa shape index (κ2) is 24.4. The maximum atomic E-state index is 12.7. The molecule has 0 radical (unpaired) electrons. The van der Waals surface area contributed by atoms with Crippen molar-refractivity contribution in [2.45, 2.75) is 101 Å². The second-order valence-corrected chi connectivity index (χ2v) is 20.2. The summed E-state index contributed by atoms with van der Waals surface area (Å²) in [6.45, 7) is 6.83. The van der Waals surface area contributed by atoms with Crippen LogP contribution >= 0.6 is 0 Å². The van der Waals surface area contributed by atoms with Crippen LogP contribution in [0.2, 0.25) is 0 Å². The smallest absolute Gasteiger partial charge is 0.226 e. The minimum atomic E-state index is 0.0969. The molecule has 0 aliphatic carbocycles. The number of nitrogens with zero attached hydrogens (tertiary/aromatic N) is 10. The van der Waals surface area contributed by atoms with Crippen LogP contribution in [0.25, 0.3) is 0 Å². The third-order valence-corrected chi connectivity index (χ3v) is 15.4. The molecule has 356 valence electrons. The summed E-state index contributed by atoms with van der Waals surface area (Å²) in [6, 6.07) is 17.9. The number of hydrogen-bond acceptors (Lipinski definition) is 10. The van der Waals surface area contributed by atoms with E-state index in [1.54, 1.807) is 12.4 Å². The molecule has 12 nitrogen and oxygen atoms in total. The van der Waals surface area contributed by atoms with Crippen molar-refractivity contribution >= 4 is 11.8 Å². The molecular formula is C54H78N10O2. The van der Waals surface area contributed by atoms with Crippen LogP contribution in [-0.4, -0.2) is 143 Å². The van der Waals surface area contributed by atoms with E-state index in [0.29, 0.717) is 12.1 Å². The maximum absolute atomic E-state index is 12.7. The molecular weight excluding hydrogens is 821 g/mol. The molecule has 0 bridgehead atoms. The lowest BCUT2D eigenvalue weighted by atomic mass is 9.96. The largest absolute Gasteiger partial charge is 0.338 e. The molecule has 66 heavy (non-hydrogen) atoms. The minimum absolute atomic E-state index is 0.0969. The molecule has 8 rings (SSSR count). The van der Waals surface area contributed by atoms with Crippen LogP contribution in [0.3, 0.4) is 0 Å². The van der Waals surface area contributed by atoms with Crippen molar-refractivity contribution in [2.24, 2.45) is 23.7 Å². The maximum Gasteiger partial charge on any atom is 0.226 e. The van der Waals surface area contributed by atoms with Crippen molar-refractivity contribution in [3.63, 3.8) is 0 Å². The molecule has 0 aromatic carbocycles. The molecule has 4 aliphatic rings. The molecule has 8 heterocycles. The van der Waals surface area contributed by atoms with Crippen molar-refractivity contribution in [1.82, 2.24) is 49.3 Å². The standard InChI is InChI=1S/C27H37N5O2.C27H41N5/c1-30(14-6-10-20-16-24(31(2)26(20)33)22-8-4-12-28-18-22)15-7-11-21-17-25(32(3)27(21)34)23-9-5-13-29-19-23;1-30(14-6-8-22-16-26(31(2)20-22)24-10-4-12-28-18-24)15-7-9-23-17-27(32(3)21-23)25-11-5-13-29-19-25/h4-5,8-9,12-13,18-21,24-25H,6-7,10-11,14-17H2,1-3H3;4-5,10-13,18-19,22-23,26-27H,6-9,14-17,20-21H2,1-3H3. The van der Waals surface area contributed by atoms with Gasteiger partial charge in [-0.05, 0) is 190 Å². The highest BCUT2D eigenvalue weighted by atomic mass is 16.2. The van der Waals surface area contributed by atoms with Crippen LogP contribution in [0.15, 0.2) is 98.1 Å². The topological polar surface area (TPSA) is 105 Å². The van der Waals surface area contributed by atoms with E-state index >= 15 is 0 Å². The number of carbonyl (C=O) groups is 2. The Kier molecular flexibility index (Phi) is 18.2. The average Bonchev–Trinajstić information content (AvgIpc) is 4.07. The Morgan fingerprint density at radius 2 is 0.788 bits per heavy atom. The van der Waals surface area contributed by atoms with Gasteiger partial charge in [-0.1, -0.05) is 24.3 Å². The summed E-state index contributed by atoms with van der Waals surface area (Å²) in [5.41, 5.74) is 4.99. The SMILES string of the molecule is CN(CCCC1CC(c2cccnc2)N(C)C1)CCCC1CC(c2cccnc2)N(C)C1.CN(CCCC1CC(c2cccnc2)N(C)C1=O)CCCC1CC(c2cccnc2)N(C)C1=O. The summed E-state index contributed by atoms with van der Waals surface area (Å²) in [4.78, 5) is 56.2. The molecule has 0 spiro atoms. The normalized spacial score (nSPS) is 25.9. The van der Waals surface area contributed by atoms with Crippen LogP contribution in [0.4, 0.5) is 0 Å². The molecule has 0 saturated carbocycles. The summed E-state index contributed by atoms with van der Waals surface area (Å²) in [5, 5.41) is 0. The zero-order valence-corrected chi connectivity index (χ0v) is 40.9. The van der Waals surface area contributed by atoms with Crippen molar-refractivity contribution in [3.8, 4) is 0 Å². The number of pyridine rings is 4. The third-order valence-electron chi connectivity index (χ3n) is 15.4. The Morgan fingerprint density at radius 3 is 1.11 bits per heavy atom. The molecule has 0 N–H and O–H groups in total. The van der Waals surface area contributed by atoms with Crippen LogP contribution in [0.1, 0.15) is 123 Å². The molecule has 4 fully saturated rings. The monoisotopic (exact) mass is 899 g/mol. The highest BCUT2D eigenvalue weighted by Gasteiger charge is 2.39. The lowest BCUT2D eigenvalue weighted by Gasteiger charge is -2.19. The van der Waals surface area contributed by atoms with E-state index in [0.717, 1.165) is 74.6 Å². The van der Waals surface area contributed by atoms with Gasteiger partial charge >= 0.3 is 0 Å². The predicted octanol–water partition coefficient (Wildman–Crippen LogP) is 8.36. The third kappa shape index (κ3) is 13.3. The van der Waals surface area contributed by atoms with E-state index in [-0.39, 0.29) is 35.7 Å². The first kappa shape index (κ1) is 49.3. The van der Waals surface area contributed by atoms with Gasteiger partial charge in [-0.25, -0.2) is 0 Å². The first-order chi connectivity index (χ1) is 32.0. The highest BCUT2D eigenvalue weighted by Crippen LogP contribution is 2.40. The number of aromatic nitrogens is 4. The van der Waals surface area contributed by atoms with Gasteiger partial charge in [-0.3, -0.25) is 39.3 Å². The first-order valence-electron chi connectivity index (χ1n) is 25.0. The fraction of sp³-hybridized carbons (Fsp3) is 0.593. The van der Waals surface area contributed by atoms with Crippen LogP contribution in [0, 0.1) is 23.7 Å². The molecule has 8 atom stereocenters. The van der Waals surface area contributed by atoms with E-state index in [9.17, 15) is 9.59 Å². The number of hydrogen-bond donors (Lipinski definition) is 0. The average molecular weight is 899 g/mol. The molecule has 2 amide bonds. The zero-order chi connectivity index (χ0) is 46.4. The van der Waals surface area contributed by atoms with Gasteiger partial charge in [0.15, 0.2) is 0 Å². The molecule has 4 aromatic rings. The fourth-order valence-electron chi connectivity index (χ4n) is 11.6. The minimum Gasteiger partial charge on any atom is -0.338 e. The lowest BCUT2D eigenvalue weighted by Crippen LogP contribution is -2.26.